The topological polar surface area (TPSA) is 0 Å². The van der Waals surface area contributed by atoms with Crippen LogP contribution in [0.25, 0.3) is 0 Å². The van der Waals surface area contributed by atoms with E-state index in [-0.39, 0.29) is 0 Å². The van der Waals surface area contributed by atoms with E-state index in [1.807, 2.05) is 0 Å². The first-order valence-electron chi connectivity index (χ1n) is 3.74. The molecule has 0 saturated heterocycles. The SMILES string of the molecule is CC(C)=C/C=C\C(C)(C)C. The standard InChI is InChI=1S/C10H18/c1-9(2)7-6-8-10(3,4)5/h6-8H,1-5H3/b8-6-. The average molecular weight is 138 g/mol. The molecule has 0 spiro atoms. The maximum absolute atomic E-state index is 2.21. The van der Waals surface area contributed by atoms with Crippen molar-refractivity contribution in [3.63, 3.8) is 0 Å². The first-order valence-corrected chi connectivity index (χ1v) is 3.74. The van der Waals surface area contributed by atoms with Gasteiger partial charge in [-0.2, -0.15) is 0 Å². The summed E-state index contributed by atoms with van der Waals surface area (Å²) < 4.78 is 0. The molecule has 0 aliphatic carbocycles. The fraction of sp³-hybridized carbons (Fsp3) is 0.600. The molecule has 58 valence electrons. The van der Waals surface area contributed by atoms with Crippen LogP contribution in [0.1, 0.15) is 34.6 Å². The van der Waals surface area contributed by atoms with Gasteiger partial charge in [-0.05, 0) is 19.3 Å². The molecule has 0 radical (unpaired) electrons. The number of hydrogen-bond acceptors (Lipinski definition) is 0. The maximum Gasteiger partial charge on any atom is -0.0200 e. The van der Waals surface area contributed by atoms with Gasteiger partial charge in [-0.1, -0.05) is 44.6 Å². The Balaban J connectivity index is 3.90. The first kappa shape index (κ1) is 9.48. The summed E-state index contributed by atoms with van der Waals surface area (Å²) in [5.41, 5.74) is 1.66. The highest BCUT2D eigenvalue weighted by molar-refractivity contribution is 5.10. The molecule has 10 heavy (non-hydrogen) atoms. The normalized spacial score (nSPS) is 12.1. The lowest BCUT2D eigenvalue weighted by Gasteiger charge is -2.09. The summed E-state index contributed by atoms with van der Waals surface area (Å²) in [6.07, 6.45) is 6.46. The van der Waals surface area contributed by atoms with Crippen molar-refractivity contribution < 1.29 is 0 Å². The zero-order chi connectivity index (χ0) is 8.20. The summed E-state index contributed by atoms with van der Waals surface area (Å²) in [5.74, 6) is 0. The van der Waals surface area contributed by atoms with E-state index >= 15 is 0 Å². The molecule has 0 N–H and O–H groups in total. The molecule has 0 aliphatic rings. The van der Waals surface area contributed by atoms with Crippen LogP contribution in [0.2, 0.25) is 0 Å². The van der Waals surface area contributed by atoms with Crippen LogP contribution in [0.15, 0.2) is 23.8 Å². The van der Waals surface area contributed by atoms with Crippen molar-refractivity contribution in [1.82, 2.24) is 0 Å². The smallest absolute Gasteiger partial charge is 0.0200 e. The molecule has 0 nitrogen and oxygen atoms in total. The van der Waals surface area contributed by atoms with Crippen molar-refractivity contribution in [3.8, 4) is 0 Å². The Hall–Kier alpha value is -0.520. The third kappa shape index (κ3) is 7.48. The zero-order valence-electron chi connectivity index (χ0n) is 7.73. The summed E-state index contributed by atoms with van der Waals surface area (Å²) in [5, 5.41) is 0. The van der Waals surface area contributed by atoms with E-state index < -0.39 is 0 Å². The minimum Gasteiger partial charge on any atom is -0.0791 e. The van der Waals surface area contributed by atoms with Crippen LogP contribution in [-0.2, 0) is 0 Å². The highest BCUT2D eigenvalue weighted by Crippen LogP contribution is 2.14. The Morgan fingerprint density at radius 2 is 1.60 bits per heavy atom. The Bertz CT molecular complexity index is 138. The fourth-order valence-electron chi connectivity index (χ4n) is 0.529. The van der Waals surface area contributed by atoms with Gasteiger partial charge in [-0.25, -0.2) is 0 Å². The molecule has 0 aromatic heterocycles. The minimum atomic E-state index is 0.311. The Morgan fingerprint density at radius 3 is 1.90 bits per heavy atom. The van der Waals surface area contributed by atoms with E-state index in [4.69, 9.17) is 0 Å². The third-order valence-corrected chi connectivity index (χ3v) is 1.03. The lowest BCUT2D eigenvalue weighted by molar-refractivity contribution is 0.544. The Kier molecular flexibility index (Phi) is 3.41. The Morgan fingerprint density at radius 1 is 1.10 bits per heavy atom. The molecule has 0 rings (SSSR count). The van der Waals surface area contributed by atoms with Crippen molar-refractivity contribution in [2.24, 2.45) is 5.41 Å². The van der Waals surface area contributed by atoms with E-state index in [2.05, 4.69) is 52.8 Å². The van der Waals surface area contributed by atoms with Gasteiger partial charge in [-0.3, -0.25) is 0 Å². The lowest BCUT2D eigenvalue weighted by atomic mass is 9.96. The van der Waals surface area contributed by atoms with Gasteiger partial charge in [0.2, 0.25) is 0 Å². The van der Waals surface area contributed by atoms with Gasteiger partial charge in [0, 0.05) is 0 Å². The molecule has 0 fully saturated rings. The van der Waals surface area contributed by atoms with Crippen LogP contribution in [0, 0.1) is 5.41 Å². The van der Waals surface area contributed by atoms with Gasteiger partial charge >= 0.3 is 0 Å². The average Bonchev–Trinajstić information content (AvgIpc) is 1.59. The second-order valence-electron chi connectivity index (χ2n) is 3.97. The van der Waals surface area contributed by atoms with Gasteiger partial charge in [0.25, 0.3) is 0 Å². The van der Waals surface area contributed by atoms with Crippen molar-refractivity contribution in [3.05, 3.63) is 23.8 Å². The van der Waals surface area contributed by atoms with Crippen LogP contribution in [0.4, 0.5) is 0 Å². The van der Waals surface area contributed by atoms with Crippen molar-refractivity contribution in [2.75, 3.05) is 0 Å². The van der Waals surface area contributed by atoms with Crippen LogP contribution < -0.4 is 0 Å². The molecule has 0 amide bonds. The second kappa shape index (κ2) is 3.60. The van der Waals surface area contributed by atoms with Gasteiger partial charge in [-0.15, -0.1) is 0 Å². The van der Waals surface area contributed by atoms with Gasteiger partial charge in [0.05, 0.1) is 0 Å². The van der Waals surface area contributed by atoms with Crippen molar-refractivity contribution in [1.29, 1.82) is 0 Å². The van der Waals surface area contributed by atoms with Crippen LogP contribution in [0.3, 0.4) is 0 Å². The quantitative estimate of drug-likeness (QED) is 0.486. The second-order valence-corrected chi connectivity index (χ2v) is 3.97. The molecular formula is C10H18. The van der Waals surface area contributed by atoms with Crippen LogP contribution in [0.5, 0.6) is 0 Å². The number of hydrogen-bond donors (Lipinski definition) is 0. The predicted molar refractivity (Wildman–Crippen MR) is 48.0 cm³/mol. The molecule has 0 aromatic carbocycles. The van der Waals surface area contributed by atoms with Crippen molar-refractivity contribution in [2.45, 2.75) is 34.6 Å². The molecule has 0 unspecified atom stereocenters. The summed E-state index contributed by atoms with van der Waals surface area (Å²) in [6.45, 7) is 10.8. The highest BCUT2D eigenvalue weighted by Gasteiger charge is 2.01. The van der Waals surface area contributed by atoms with Gasteiger partial charge < -0.3 is 0 Å². The van der Waals surface area contributed by atoms with E-state index in [0.29, 0.717) is 5.41 Å². The number of rotatable bonds is 1. The van der Waals surface area contributed by atoms with Gasteiger partial charge in [0.1, 0.15) is 0 Å². The molecule has 0 aromatic rings. The predicted octanol–water partition coefficient (Wildman–Crippen LogP) is 3.55. The monoisotopic (exact) mass is 138 g/mol. The molecule has 0 saturated carbocycles. The van der Waals surface area contributed by atoms with Crippen LogP contribution in [-0.4, -0.2) is 0 Å². The molecular weight excluding hydrogens is 120 g/mol. The zero-order valence-corrected chi connectivity index (χ0v) is 7.73. The fourth-order valence-corrected chi connectivity index (χ4v) is 0.529. The molecule has 0 heteroatoms. The lowest BCUT2D eigenvalue weighted by Crippen LogP contribution is -1.97. The van der Waals surface area contributed by atoms with E-state index in [1.54, 1.807) is 0 Å². The van der Waals surface area contributed by atoms with Crippen molar-refractivity contribution >= 4 is 0 Å². The third-order valence-electron chi connectivity index (χ3n) is 1.03. The first-order chi connectivity index (χ1) is 4.42. The maximum atomic E-state index is 2.21. The highest BCUT2D eigenvalue weighted by atomic mass is 14.1. The summed E-state index contributed by atoms with van der Waals surface area (Å²) in [7, 11) is 0. The summed E-state index contributed by atoms with van der Waals surface area (Å²) >= 11 is 0. The molecule has 0 atom stereocenters. The molecule has 0 aliphatic heterocycles. The minimum absolute atomic E-state index is 0.311. The summed E-state index contributed by atoms with van der Waals surface area (Å²) in [4.78, 5) is 0. The van der Waals surface area contributed by atoms with E-state index in [9.17, 15) is 0 Å². The molecule has 0 heterocycles. The Labute approximate surface area is 64.6 Å². The van der Waals surface area contributed by atoms with E-state index in [0.717, 1.165) is 0 Å². The number of allylic oxidation sites excluding steroid dienone is 4. The summed E-state index contributed by atoms with van der Waals surface area (Å²) in [6, 6.07) is 0. The van der Waals surface area contributed by atoms with Gasteiger partial charge in [0.15, 0.2) is 0 Å². The van der Waals surface area contributed by atoms with Crippen LogP contribution >= 0.6 is 0 Å². The largest absolute Gasteiger partial charge is 0.0791 e. The van der Waals surface area contributed by atoms with E-state index in [1.165, 1.54) is 5.57 Å². The molecule has 0 bridgehead atoms.